The van der Waals surface area contributed by atoms with E-state index in [4.69, 9.17) is 14.4 Å². The summed E-state index contributed by atoms with van der Waals surface area (Å²) in [6.07, 6.45) is 1.97. The molecule has 0 bridgehead atoms. The van der Waals surface area contributed by atoms with Crippen molar-refractivity contribution in [1.82, 2.24) is 14.5 Å². The molecule has 0 aliphatic rings. The Morgan fingerprint density at radius 1 is 0.704 bits per heavy atom. The number of aryl methyl sites for hydroxylation is 1. The number of aromatic nitrogens is 3. The summed E-state index contributed by atoms with van der Waals surface area (Å²) in [6, 6.07) is 36.1. The molecule has 272 valence electrons. The Bertz CT molecular complexity index is 2700. The summed E-state index contributed by atoms with van der Waals surface area (Å²) in [6.45, 7) is 20.5. The van der Waals surface area contributed by atoms with Crippen molar-refractivity contribution in [3.63, 3.8) is 0 Å². The lowest BCUT2D eigenvalue weighted by atomic mass is 9.79. The third-order valence-electron chi connectivity index (χ3n) is 10.6. The van der Waals surface area contributed by atoms with Gasteiger partial charge in [0.2, 0.25) is 0 Å². The van der Waals surface area contributed by atoms with Gasteiger partial charge in [-0.25, -0.2) is 4.98 Å². The van der Waals surface area contributed by atoms with E-state index in [0.29, 0.717) is 11.7 Å². The van der Waals surface area contributed by atoms with Gasteiger partial charge < -0.3 is 14.1 Å². The van der Waals surface area contributed by atoms with Crippen LogP contribution in [0.1, 0.15) is 72.1 Å². The van der Waals surface area contributed by atoms with Crippen LogP contribution >= 0.6 is 0 Å². The summed E-state index contributed by atoms with van der Waals surface area (Å²) in [5.41, 5.74) is 13.3. The number of pyridine rings is 1. The van der Waals surface area contributed by atoms with Crippen LogP contribution in [-0.2, 0) is 17.4 Å². The van der Waals surface area contributed by atoms with Gasteiger partial charge in [-0.15, -0.1) is 0 Å². The van der Waals surface area contributed by atoms with Gasteiger partial charge in [0, 0.05) is 45.8 Å². The fourth-order valence-electron chi connectivity index (χ4n) is 7.71. The fourth-order valence-corrected chi connectivity index (χ4v) is 7.71. The number of furan rings is 1. The summed E-state index contributed by atoms with van der Waals surface area (Å²) in [5.74, 6) is 1.40. The van der Waals surface area contributed by atoms with Crippen LogP contribution in [-0.4, -0.2) is 19.6 Å². The lowest BCUT2D eigenvalue weighted by molar-refractivity contribution is 0.445. The molecule has 8 aromatic rings. The van der Waals surface area contributed by atoms with Crippen molar-refractivity contribution >= 4 is 33.0 Å². The van der Waals surface area contributed by atoms with Crippen molar-refractivity contribution < 1.29 is 9.52 Å². The number of phenols is 1. The number of para-hydroxylation sites is 2. The van der Waals surface area contributed by atoms with E-state index >= 15 is 0 Å². The number of nitrogens with zero attached hydrogens (tertiary/aromatic N) is 3. The van der Waals surface area contributed by atoms with E-state index in [9.17, 15) is 5.11 Å². The Balaban J connectivity index is 1.42. The lowest BCUT2D eigenvalue weighted by Gasteiger charge is -2.27. The van der Waals surface area contributed by atoms with Gasteiger partial charge >= 0.3 is 0 Å². The minimum absolute atomic E-state index is 0.125. The molecule has 5 nitrogen and oxygen atoms in total. The molecule has 54 heavy (non-hydrogen) atoms. The molecule has 5 heteroatoms. The molecule has 0 unspecified atom stereocenters. The first kappa shape index (κ1) is 35.4. The van der Waals surface area contributed by atoms with Crippen molar-refractivity contribution in [2.75, 3.05) is 0 Å². The second-order valence-electron chi connectivity index (χ2n) is 17.3. The second-order valence-corrected chi connectivity index (χ2v) is 17.3. The monoisotopic (exact) mass is 711 g/mol. The minimum Gasteiger partial charge on any atom is -0.507 e. The molecular formula is C49H49N3O2. The van der Waals surface area contributed by atoms with Gasteiger partial charge in [-0.1, -0.05) is 122 Å². The van der Waals surface area contributed by atoms with Crippen LogP contribution in [0.25, 0.3) is 77.9 Å². The first-order valence-electron chi connectivity index (χ1n) is 19.0. The van der Waals surface area contributed by atoms with Crippen LogP contribution < -0.4 is 0 Å². The van der Waals surface area contributed by atoms with Gasteiger partial charge in [-0.05, 0) is 82.3 Å². The van der Waals surface area contributed by atoms with Crippen LogP contribution in [0.3, 0.4) is 0 Å². The molecule has 1 N–H and O–H groups in total. The summed E-state index contributed by atoms with van der Waals surface area (Å²) in [4.78, 5) is 10.5. The number of hydrogen-bond donors (Lipinski definition) is 1. The average molecular weight is 712 g/mol. The number of aromatic hydroxyl groups is 1. The summed E-state index contributed by atoms with van der Waals surface area (Å²) < 4.78 is 9.00. The van der Waals surface area contributed by atoms with Crippen molar-refractivity contribution in [3.8, 4) is 50.6 Å². The van der Waals surface area contributed by atoms with Crippen LogP contribution in [0.2, 0.25) is 0 Å². The summed E-state index contributed by atoms with van der Waals surface area (Å²) >= 11 is 0. The highest BCUT2D eigenvalue weighted by Crippen LogP contribution is 2.45. The first-order chi connectivity index (χ1) is 25.7. The maximum Gasteiger partial charge on any atom is 0.144 e. The van der Waals surface area contributed by atoms with E-state index < -0.39 is 0 Å². The first-order valence-corrected chi connectivity index (χ1v) is 19.0. The molecule has 0 amide bonds. The molecule has 0 radical (unpaired) electrons. The van der Waals surface area contributed by atoms with Crippen molar-refractivity contribution in [2.24, 2.45) is 5.92 Å². The Morgan fingerprint density at radius 3 is 2.17 bits per heavy atom. The van der Waals surface area contributed by atoms with Crippen molar-refractivity contribution in [3.05, 3.63) is 126 Å². The standard InChI is InChI=1S/C49H49N3O2/c1-29(2)28-52-42-20-15-19-35(44(42)51-47(52)39-24-33(48(4,5)6)25-40(45(39)53)49(7,8)9)38-23-32(22-37-34-18-13-14-21-43(34)54-46(37)38)41-26-36(30(3)27-50-41)31-16-11-10-12-17-31/h10-27,29,53H,28H2,1-9H3. The molecule has 8 rings (SSSR count). The predicted octanol–water partition coefficient (Wildman–Crippen LogP) is 13.3. The third-order valence-corrected chi connectivity index (χ3v) is 10.6. The molecule has 0 spiro atoms. The van der Waals surface area contributed by atoms with Gasteiger partial charge in [0.15, 0.2) is 0 Å². The molecular weight excluding hydrogens is 663 g/mol. The molecule has 3 aromatic heterocycles. The minimum atomic E-state index is -0.266. The number of fused-ring (bicyclic) bond motifs is 4. The van der Waals surface area contributed by atoms with Gasteiger partial charge in [0.1, 0.15) is 22.7 Å². The van der Waals surface area contributed by atoms with Gasteiger partial charge in [-0.2, -0.15) is 0 Å². The molecule has 0 saturated carbocycles. The second kappa shape index (κ2) is 13.0. The highest BCUT2D eigenvalue weighted by molar-refractivity contribution is 6.13. The molecule has 5 aromatic carbocycles. The van der Waals surface area contributed by atoms with Crippen LogP contribution in [0.15, 0.2) is 114 Å². The topological polar surface area (TPSA) is 64.1 Å². The Morgan fingerprint density at radius 2 is 1.44 bits per heavy atom. The number of phenolic OH excluding ortho intramolecular Hbond substituents is 1. The Hall–Kier alpha value is -5.68. The van der Waals surface area contributed by atoms with Crippen molar-refractivity contribution in [2.45, 2.75) is 79.7 Å². The molecule has 0 aliphatic heterocycles. The maximum absolute atomic E-state index is 12.1. The van der Waals surface area contributed by atoms with E-state index in [-0.39, 0.29) is 10.8 Å². The van der Waals surface area contributed by atoms with Gasteiger partial charge in [0.05, 0.1) is 22.3 Å². The SMILES string of the molecule is Cc1cnc(-c2cc(-c3cccc4c3nc(-c3cc(C(C)(C)C)cc(C(C)(C)C)c3O)n4CC(C)C)c3oc4ccccc4c3c2)cc1-c1ccccc1. The Labute approximate surface area is 318 Å². The highest BCUT2D eigenvalue weighted by atomic mass is 16.3. The molecule has 0 saturated heterocycles. The van der Waals surface area contributed by atoms with E-state index in [2.05, 4.69) is 152 Å². The van der Waals surface area contributed by atoms with E-state index in [1.165, 1.54) is 5.56 Å². The molecule has 0 aliphatic carbocycles. The molecule has 3 heterocycles. The third kappa shape index (κ3) is 6.16. The lowest BCUT2D eigenvalue weighted by Crippen LogP contribution is -2.17. The fraction of sp³-hybridized carbons (Fsp3) is 0.265. The quantitative estimate of drug-likeness (QED) is 0.186. The van der Waals surface area contributed by atoms with Gasteiger partial charge in [0.25, 0.3) is 0 Å². The van der Waals surface area contributed by atoms with E-state index in [1.807, 2.05) is 24.4 Å². The molecule has 0 atom stereocenters. The molecule has 0 fully saturated rings. The smallest absolute Gasteiger partial charge is 0.144 e. The highest BCUT2D eigenvalue weighted by Gasteiger charge is 2.29. The van der Waals surface area contributed by atoms with Gasteiger partial charge in [-0.3, -0.25) is 4.98 Å². The van der Waals surface area contributed by atoms with Crippen molar-refractivity contribution in [1.29, 1.82) is 0 Å². The van der Waals surface area contributed by atoms with Crippen LogP contribution in [0, 0.1) is 12.8 Å². The normalized spacial score (nSPS) is 12.5. The predicted molar refractivity (Wildman–Crippen MR) is 225 cm³/mol. The van der Waals surface area contributed by atoms with E-state index in [0.717, 1.165) is 95.5 Å². The maximum atomic E-state index is 12.1. The zero-order valence-corrected chi connectivity index (χ0v) is 32.9. The summed E-state index contributed by atoms with van der Waals surface area (Å²) in [7, 11) is 0. The number of rotatable bonds is 6. The number of imidazole rings is 1. The zero-order chi connectivity index (χ0) is 38.1. The van der Waals surface area contributed by atoms with Crippen LogP contribution in [0.4, 0.5) is 0 Å². The zero-order valence-electron chi connectivity index (χ0n) is 32.9. The van der Waals surface area contributed by atoms with E-state index in [1.54, 1.807) is 0 Å². The number of benzene rings is 5. The summed E-state index contributed by atoms with van der Waals surface area (Å²) in [5, 5.41) is 14.2. The average Bonchev–Trinajstić information content (AvgIpc) is 3.69. The number of hydrogen-bond acceptors (Lipinski definition) is 4. The van der Waals surface area contributed by atoms with Crippen LogP contribution in [0.5, 0.6) is 5.75 Å². The Kier molecular flexibility index (Phi) is 8.52. The largest absolute Gasteiger partial charge is 0.507 e.